The molecular weight excluding hydrogens is 776 g/mol. The third-order valence-corrected chi connectivity index (χ3v) is 9.81. The second kappa shape index (κ2) is 29.2. The van der Waals surface area contributed by atoms with Crippen LogP contribution in [0.5, 0.6) is 5.75 Å². The smallest absolute Gasteiger partial charge is 0.407 e. The van der Waals surface area contributed by atoms with Crippen molar-refractivity contribution in [3.05, 3.63) is 101 Å². The summed E-state index contributed by atoms with van der Waals surface area (Å²) in [4.78, 5) is 27.2. The molecule has 1 aliphatic rings. The van der Waals surface area contributed by atoms with E-state index in [1.165, 1.54) is 0 Å². The predicted molar refractivity (Wildman–Crippen MR) is 223 cm³/mol. The standard InChI is InChI=1S/C45H64N2O13/c1-52-16-18-54-20-22-56-23-25-57-26-28-59-38-14-12-35(13-15-38)30-37(44(50)47-43-39-11-7-6-10-36(39)32-42(43)49)33-41(48)40(31-34-8-4-3-5-9-34)46-45(51)60-29-27-58-24-21-55-19-17-53-2/h3-15,37,40-43,48-49H,16-33H2,1-2H3,(H,46,51)(H,47,50)/t37?,40?,41?,42-,43-/m0/s1. The van der Waals surface area contributed by atoms with Crippen LogP contribution in [0.25, 0.3) is 0 Å². The van der Waals surface area contributed by atoms with Gasteiger partial charge in [0.1, 0.15) is 19.0 Å². The molecular formula is C45H64N2O13. The lowest BCUT2D eigenvalue weighted by Crippen LogP contribution is -2.47. The molecule has 4 rings (SSSR count). The number of aliphatic hydroxyl groups is 2. The van der Waals surface area contributed by atoms with Crippen LogP contribution in [-0.4, -0.2) is 147 Å². The highest BCUT2D eigenvalue weighted by Crippen LogP contribution is 2.32. The summed E-state index contributed by atoms with van der Waals surface area (Å²) in [5.74, 6) is -0.404. The molecule has 3 aromatic rings. The molecule has 0 fully saturated rings. The lowest BCUT2D eigenvalue weighted by molar-refractivity contribution is -0.127. The van der Waals surface area contributed by atoms with Crippen molar-refractivity contribution in [2.24, 2.45) is 5.92 Å². The SMILES string of the molecule is COCCOCCOCCOCCOc1ccc(CC(CC(O)C(Cc2ccccc2)NC(=O)OCCOCCOCCOC)C(=O)N[C@H]2c3ccccc3C[C@@H]2O)cc1. The Bertz CT molecular complexity index is 1600. The van der Waals surface area contributed by atoms with Gasteiger partial charge in [0.05, 0.1) is 104 Å². The molecule has 0 bridgehead atoms. The van der Waals surface area contributed by atoms with Crippen molar-refractivity contribution in [2.45, 2.75) is 50.0 Å². The number of hydrogen-bond acceptors (Lipinski definition) is 13. The number of methoxy groups -OCH3 is 2. The molecule has 2 amide bonds. The van der Waals surface area contributed by atoms with Crippen molar-refractivity contribution >= 4 is 12.0 Å². The van der Waals surface area contributed by atoms with Gasteiger partial charge in [-0.2, -0.15) is 0 Å². The van der Waals surface area contributed by atoms with Crippen molar-refractivity contribution in [1.82, 2.24) is 10.6 Å². The van der Waals surface area contributed by atoms with Gasteiger partial charge in [-0.05, 0) is 53.6 Å². The van der Waals surface area contributed by atoms with E-state index in [0.29, 0.717) is 97.9 Å². The molecule has 15 heteroatoms. The first-order valence-corrected chi connectivity index (χ1v) is 20.7. The van der Waals surface area contributed by atoms with Gasteiger partial charge in [-0.1, -0.05) is 66.7 Å². The molecule has 0 spiro atoms. The topological polar surface area (TPSA) is 182 Å². The quantitative estimate of drug-likeness (QED) is 0.0672. The number of aliphatic hydroxyl groups excluding tert-OH is 2. The molecule has 15 nitrogen and oxygen atoms in total. The van der Waals surface area contributed by atoms with E-state index in [2.05, 4.69) is 10.6 Å². The zero-order chi connectivity index (χ0) is 42.6. The molecule has 332 valence electrons. The second-order valence-corrected chi connectivity index (χ2v) is 14.3. The summed E-state index contributed by atoms with van der Waals surface area (Å²) in [6, 6.07) is 23.2. The van der Waals surface area contributed by atoms with Crippen molar-refractivity contribution in [1.29, 1.82) is 0 Å². The summed E-state index contributed by atoms with van der Waals surface area (Å²) < 4.78 is 48.5. The third-order valence-electron chi connectivity index (χ3n) is 9.81. The minimum Gasteiger partial charge on any atom is -0.491 e. The predicted octanol–water partition coefficient (Wildman–Crippen LogP) is 3.46. The maximum Gasteiger partial charge on any atom is 0.407 e. The third kappa shape index (κ3) is 18.6. The highest BCUT2D eigenvalue weighted by molar-refractivity contribution is 5.80. The van der Waals surface area contributed by atoms with Crippen LogP contribution in [0.2, 0.25) is 0 Å². The van der Waals surface area contributed by atoms with E-state index in [9.17, 15) is 19.8 Å². The first-order chi connectivity index (χ1) is 29.4. The van der Waals surface area contributed by atoms with Gasteiger partial charge in [-0.3, -0.25) is 4.79 Å². The molecule has 3 aromatic carbocycles. The van der Waals surface area contributed by atoms with Gasteiger partial charge in [0.25, 0.3) is 0 Å². The Kier molecular flexibility index (Phi) is 23.6. The summed E-state index contributed by atoms with van der Waals surface area (Å²) in [6.07, 6.45) is -1.62. The number of benzene rings is 3. The van der Waals surface area contributed by atoms with Crippen LogP contribution < -0.4 is 15.4 Å². The van der Waals surface area contributed by atoms with Crippen molar-refractivity contribution in [3.8, 4) is 5.75 Å². The molecule has 0 aromatic heterocycles. The van der Waals surface area contributed by atoms with E-state index < -0.39 is 36.3 Å². The van der Waals surface area contributed by atoms with Crippen LogP contribution >= 0.6 is 0 Å². The lowest BCUT2D eigenvalue weighted by Gasteiger charge is -2.28. The number of alkyl carbamates (subject to hydrolysis) is 1. The monoisotopic (exact) mass is 840 g/mol. The van der Waals surface area contributed by atoms with Gasteiger partial charge in [-0.15, -0.1) is 0 Å². The Morgan fingerprint density at radius 3 is 1.80 bits per heavy atom. The van der Waals surface area contributed by atoms with Crippen molar-refractivity contribution in [2.75, 3.05) is 107 Å². The Morgan fingerprint density at radius 2 is 1.18 bits per heavy atom. The molecule has 0 heterocycles. The normalized spacial score (nSPS) is 16.1. The number of ether oxygens (including phenoxy) is 9. The minimum absolute atomic E-state index is 0.00247. The molecule has 3 unspecified atom stereocenters. The average Bonchev–Trinajstić information content (AvgIpc) is 3.57. The molecule has 4 N–H and O–H groups in total. The highest BCUT2D eigenvalue weighted by atomic mass is 16.6. The Morgan fingerprint density at radius 1 is 0.650 bits per heavy atom. The minimum atomic E-state index is -1.14. The number of hydrogen-bond donors (Lipinski definition) is 4. The van der Waals surface area contributed by atoms with Gasteiger partial charge >= 0.3 is 6.09 Å². The number of rotatable bonds is 32. The Labute approximate surface area is 353 Å². The van der Waals surface area contributed by atoms with Gasteiger partial charge < -0.3 is 63.5 Å². The number of fused-ring (bicyclic) bond motifs is 1. The number of carbonyl (C=O) groups is 2. The number of nitrogens with one attached hydrogen (secondary N) is 2. The van der Waals surface area contributed by atoms with Crippen LogP contribution in [0.4, 0.5) is 4.79 Å². The molecule has 0 radical (unpaired) electrons. The Balaban J connectivity index is 1.34. The molecule has 60 heavy (non-hydrogen) atoms. The molecule has 0 saturated carbocycles. The fourth-order valence-corrected chi connectivity index (χ4v) is 6.67. The second-order valence-electron chi connectivity index (χ2n) is 14.3. The van der Waals surface area contributed by atoms with Crippen LogP contribution in [0, 0.1) is 5.92 Å². The summed E-state index contributed by atoms with van der Waals surface area (Å²) in [7, 11) is 3.23. The zero-order valence-corrected chi connectivity index (χ0v) is 35.0. The van der Waals surface area contributed by atoms with Crippen molar-refractivity contribution in [3.63, 3.8) is 0 Å². The molecule has 0 aliphatic heterocycles. The van der Waals surface area contributed by atoms with Gasteiger partial charge in [0.2, 0.25) is 5.91 Å². The zero-order valence-electron chi connectivity index (χ0n) is 35.0. The largest absolute Gasteiger partial charge is 0.491 e. The molecule has 0 saturated heterocycles. The van der Waals surface area contributed by atoms with Gasteiger partial charge in [-0.25, -0.2) is 4.79 Å². The van der Waals surface area contributed by atoms with Crippen LogP contribution in [0.1, 0.15) is 34.7 Å². The van der Waals surface area contributed by atoms with Gasteiger partial charge in [0.15, 0.2) is 0 Å². The van der Waals surface area contributed by atoms with Crippen molar-refractivity contribution < 1.29 is 62.4 Å². The first kappa shape index (κ1) is 48.5. The fourth-order valence-electron chi connectivity index (χ4n) is 6.67. The number of amides is 2. The summed E-state index contributed by atoms with van der Waals surface area (Å²) in [6.45, 7) is 5.55. The van der Waals surface area contributed by atoms with E-state index in [1.807, 2.05) is 78.9 Å². The van der Waals surface area contributed by atoms with E-state index in [4.69, 9.17) is 42.6 Å². The van der Waals surface area contributed by atoms with Gasteiger partial charge in [0, 0.05) is 26.6 Å². The summed E-state index contributed by atoms with van der Waals surface area (Å²) >= 11 is 0. The molecule has 1 aliphatic carbocycles. The highest BCUT2D eigenvalue weighted by Gasteiger charge is 2.35. The first-order valence-electron chi connectivity index (χ1n) is 20.7. The van der Waals surface area contributed by atoms with Crippen LogP contribution in [0.15, 0.2) is 78.9 Å². The van der Waals surface area contributed by atoms with E-state index in [0.717, 1.165) is 22.3 Å². The van der Waals surface area contributed by atoms with E-state index in [1.54, 1.807) is 14.2 Å². The number of carbonyl (C=O) groups excluding carboxylic acids is 2. The Hall–Kier alpha value is -4.16. The van der Waals surface area contributed by atoms with Crippen LogP contribution in [-0.2, 0) is 62.0 Å². The van der Waals surface area contributed by atoms with E-state index >= 15 is 0 Å². The lowest BCUT2D eigenvalue weighted by atomic mass is 9.88. The maximum absolute atomic E-state index is 14.2. The van der Waals surface area contributed by atoms with E-state index in [-0.39, 0.29) is 32.0 Å². The summed E-state index contributed by atoms with van der Waals surface area (Å²) in [5, 5.41) is 28.7. The molecule has 5 atom stereocenters. The maximum atomic E-state index is 14.2. The average molecular weight is 841 g/mol. The van der Waals surface area contributed by atoms with Crippen LogP contribution in [0.3, 0.4) is 0 Å². The summed E-state index contributed by atoms with van der Waals surface area (Å²) in [5.41, 5.74) is 3.58. The fraction of sp³-hybridized carbons (Fsp3) is 0.556.